The van der Waals surface area contributed by atoms with Gasteiger partial charge in [-0.25, -0.2) is 4.79 Å². The van der Waals surface area contributed by atoms with Crippen LogP contribution >= 0.6 is 0 Å². The topological polar surface area (TPSA) is 112 Å². The summed E-state index contributed by atoms with van der Waals surface area (Å²) in [5, 5.41) is 12.0. The maximum atomic E-state index is 13.0. The number of ether oxygens (including phenoxy) is 1. The van der Waals surface area contributed by atoms with Crippen LogP contribution in [-0.4, -0.2) is 43.5 Å². The van der Waals surface area contributed by atoms with E-state index in [1.165, 1.54) is 0 Å². The zero-order valence-electron chi connectivity index (χ0n) is 25.4. The summed E-state index contributed by atoms with van der Waals surface area (Å²) in [6.45, 7) is 8.31. The highest BCUT2D eigenvalue weighted by Gasteiger charge is 2.26. The molecular weight excluding hydrogens is 542 g/mol. The standard InChI is InChI=1S/C34H43N5O4/c1-4-6-7-21-36-34(42)38-26-12-17-30(18-13-26)43-31-19-14-27(22-24(31)3)37-33(41)25-10-15-28(16-11-25)39(32(40)5-2)29-9-8-20-35-23-29/h10-19,22,29,35H,4-9,20-21,23H2,1-3H3,(H,37,41)(H2,36,38,42). The van der Waals surface area contributed by atoms with E-state index in [9.17, 15) is 14.4 Å². The van der Waals surface area contributed by atoms with E-state index in [0.717, 1.165) is 56.4 Å². The van der Waals surface area contributed by atoms with Crippen LogP contribution in [0.5, 0.6) is 11.5 Å². The van der Waals surface area contributed by atoms with Crippen LogP contribution in [-0.2, 0) is 4.79 Å². The molecule has 0 saturated carbocycles. The van der Waals surface area contributed by atoms with Crippen LogP contribution in [0.25, 0.3) is 0 Å². The molecule has 1 aliphatic rings. The monoisotopic (exact) mass is 585 g/mol. The van der Waals surface area contributed by atoms with Crippen molar-refractivity contribution in [2.24, 2.45) is 0 Å². The quantitative estimate of drug-likeness (QED) is 0.174. The van der Waals surface area contributed by atoms with Crippen molar-refractivity contribution >= 4 is 34.9 Å². The van der Waals surface area contributed by atoms with Crippen LogP contribution in [0, 0.1) is 6.92 Å². The minimum absolute atomic E-state index is 0.0804. The smallest absolute Gasteiger partial charge is 0.319 e. The van der Waals surface area contributed by atoms with E-state index >= 15 is 0 Å². The molecule has 9 heteroatoms. The third kappa shape index (κ3) is 9.06. The molecule has 1 unspecified atom stereocenters. The Morgan fingerprint density at radius 2 is 1.67 bits per heavy atom. The van der Waals surface area contributed by atoms with Crippen LogP contribution in [0.15, 0.2) is 66.7 Å². The van der Waals surface area contributed by atoms with Crippen LogP contribution in [0.2, 0.25) is 0 Å². The van der Waals surface area contributed by atoms with Crippen molar-refractivity contribution in [3.05, 3.63) is 77.9 Å². The second-order valence-corrected chi connectivity index (χ2v) is 10.8. The first kappa shape index (κ1) is 31.6. The molecule has 0 aromatic heterocycles. The van der Waals surface area contributed by atoms with Crippen LogP contribution < -0.4 is 30.9 Å². The van der Waals surface area contributed by atoms with Crippen molar-refractivity contribution in [2.75, 3.05) is 35.2 Å². The minimum atomic E-state index is -0.232. The summed E-state index contributed by atoms with van der Waals surface area (Å²) < 4.78 is 6.04. The van der Waals surface area contributed by atoms with Gasteiger partial charge in [-0.3, -0.25) is 9.59 Å². The lowest BCUT2D eigenvalue weighted by molar-refractivity contribution is -0.118. The molecule has 1 saturated heterocycles. The number of rotatable bonds is 12. The lowest BCUT2D eigenvalue weighted by Gasteiger charge is -2.34. The Bertz CT molecular complexity index is 1370. The van der Waals surface area contributed by atoms with Crippen molar-refractivity contribution < 1.29 is 19.1 Å². The molecule has 0 spiro atoms. The molecule has 3 aromatic rings. The second kappa shape index (κ2) is 15.7. The highest BCUT2D eigenvalue weighted by molar-refractivity contribution is 6.05. The summed E-state index contributed by atoms with van der Waals surface area (Å²) in [6, 6.07) is 19.8. The van der Waals surface area contributed by atoms with E-state index in [0.29, 0.717) is 41.4 Å². The maximum absolute atomic E-state index is 13.0. The Kier molecular flexibility index (Phi) is 11.6. The number of anilines is 3. The number of carbonyl (C=O) groups is 3. The van der Waals surface area contributed by atoms with Gasteiger partial charge >= 0.3 is 6.03 Å². The lowest BCUT2D eigenvalue weighted by Crippen LogP contribution is -2.48. The van der Waals surface area contributed by atoms with Gasteiger partial charge in [-0.05, 0) is 105 Å². The summed E-state index contributed by atoms with van der Waals surface area (Å²) in [5.74, 6) is 1.14. The van der Waals surface area contributed by atoms with Crippen molar-refractivity contribution in [3.63, 3.8) is 0 Å². The fourth-order valence-corrected chi connectivity index (χ4v) is 5.09. The van der Waals surface area contributed by atoms with Gasteiger partial charge in [0.25, 0.3) is 5.91 Å². The molecule has 1 aliphatic heterocycles. The van der Waals surface area contributed by atoms with Gasteiger partial charge in [0.1, 0.15) is 11.5 Å². The van der Waals surface area contributed by atoms with Crippen molar-refractivity contribution in [1.82, 2.24) is 10.6 Å². The largest absolute Gasteiger partial charge is 0.457 e. The molecule has 228 valence electrons. The third-order valence-corrected chi connectivity index (χ3v) is 7.45. The molecule has 1 fully saturated rings. The predicted octanol–water partition coefficient (Wildman–Crippen LogP) is 6.85. The first-order valence-corrected chi connectivity index (χ1v) is 15.3. The average Bonchev–Trinajstić information content (AvgIpc) is 3.02. The average molecular weight is 586 g/mol. The summed E-state index contributed by atoms with van der Waals surface area (Å²) in [4.78, 5) is 39.6. The van der Waals surface area contributed by atoms with Gasteiger partial charge in [0.2, 0.25) is 5.91 Å². The van der Waals surface area contributed by atoms with E-state index in [2.05, 4.69) is 28.2 Å². The minimum Gasteiger partial charge on any atom is -0.457 e. The molecule has 1 heterocycles. The van der Waals surface area contributed by atoms with Crippen LogP contribution in [0.4, 0.5) is 21.9 Å². The molecule has 4 rings (SSSR count). The first-order valence-electron chi connectivity index (χ1n) is 15.3. The molecule has 1 atom stereocenters. The van der Waals surface area contributed by atoms with E-state index in [1.54, 1.807) is 42.5 Å². The van der Waals surface area contributed by atoms with Gasteiger partial charge in [0.15, 0.2) is 0 Å². The molecule has 3 aromatic carbocycles. The number of hydrogen-bond acceptors (Lipinski definition) is 5. The maximum Gasteiger partial charge on any atom is 0.319 e. The van der Waals surface area contributed by atoms with Crippen LogP contribution in [0.1, 0.15) is 68.3 Å². The molecule has 0 aliphatic carbocycles. The number of urea groups is 1. The number of aryl methyl sites for hydroxylation is 1. The zero-order valence-corrected chi connectivity index (χ0v) is 25.4. The number of amides is 4. The number of unbranched alkanes of at least 4 members (excludes halogenated alkanes) is 2. The van der Waals surface area contributed by atoms with E-state index in [-0.39, 0.29) is 23.9 Å². The van der Waals surface area contributed by atoms with Gasteiger partial charge in [-0.1, -0.05) is 26.7 Å². The van der Waals surface area contributed by atoms with E-state index in [1.807, 2.05) is 43.0 Å². The summed E-state index contributed by atoms with van der Waals surface area (Å²) in [6.07, 6.45) is 5.58. The molecule has 4 N–H and O–H groups in total. The Hall–Kier alpha value is -4.37. The molecule has 4 amide bonds. The Morgan fingerprint density at radius 1 is 0.930 bits per heavy atom. The van der Waals surface area contributed by atoms with Crippen molar-refractivity contribution in [2.45, 2.75) is 65.3 Å². The Morgan fingerprint density at radius 3 is 2.33 bits per heavy atom. The van der Waals surface area contributed by atoms with Gasteiger partial charge in [-0.2, -0.15) is 0 Å². The van der Waals surface area contributed by atoms with Crippen molar-refractivity contribution in [1.29, 1.82) is 0 Å². The fourth-order valence-electron chi connectivity index (χ4n) is 5.09. The second-order valence-electron chi connectivity index (χ2n) is 10.8. The SMILES string of the molecule is CCCCCNC(=O)Nc1ccc(Oc2ccc(NC(=O)c3ccc(N(C(=O)CC)C4CCCNC4)cc3)cc2C)cc1. The number of nitrogens with one attached hydrogen (secondary N) is 4. The molecule has 9 nitrogen and oxygen atoms in total. The van der Waals surface area contributed by atoms with Gasteiger partial charge in [0, 0.05) is 48.2 Å². The van der Waals surface area contributed by atoms with E-state index < -0.39 is 0 Å². The molecule has 0 bridgehead atoms. The molecule has 43 heavy (non-hydrogen) atoms. The Labute approximate surface area is 254 Å². The summed E-state index contributed by atoms with van der Waals surface area (Å²) >= 11 is 0. The molecule has 0 radical (unpaired) electrons. The third-order valence-electron chi connectivity index (χ3n) is 7.45. The Balaban J connectivity index is 1.32. The fraction of sp³-hybridized carbons (Fsp3) is 0.382. The summed E-state index contributed by atoms with van der Waals surface area (Å²) in [5.41, 5.74) is 3.51. The highest BCUT2D eigenvalue weighted by atomic mass is 16.5. The summed E-state index contributed by atoms with van der Waals surface area (Å²) in [7, 11) is 0. The highest BCUT2D eigenvalue weighted by Crippen LogP contribution is 2.29. The number of piperidine rings is 1. The van der Waals surface area contributed by atoms with E-state index in [4.69, 9.17) is 4.74 Å². The van der Waals surface area contributed by atoms with Gasteiger partial charge in [-0.15, -0.1) is 0 Å². The van der Waals surface area contributed by atoms with Gasteiger partial charge < -0.3 is 30.9 Å². The van der Waals surface area contributed by atoms with Crippen LogP contribution in [0.3, 0.4) is 0 Å². The zero-order chi connectivity index (χ0) is 30.6. The van der Waals surface area contributed by atoms with Gasteiger partial charge in [0.05, 0.1) is 0 Å². The first-order chi connectivity index (χ1) is 20.9. The van der Waals surface area contributed by atoms with Crippen molar-refractivity contribution in [3.8, 4) is 11.5 Å². The molecular formula is C34H43N5O4. The number of nitrogens with zero attached hydrogens (tertiary/aromatic N) is 1. The number of carbonyl (C=O) groups excluding carboxylic acids is 3. The normalized spacial score (nSPS) is 14.4. The lowest BCUT2D eigenvalue weighted by atomic mass is 10.0. The number of benzene rings is 3. The predicted molar refractivity (Wildman–Crippen MR) is 172 cm³/mol. The number of hydrogen-bond donors (Lipinski definition) is 4.